The van der Waals surface area contributed by atoms with Crippen molar-refractivity contribution in [1.29, 1.82) is 0 Å². The Morgan fingerprint density at radius 3 is 2.52 bits per heavy atom. The summed E-state index contributed by atoms with van der Waals surface area (Å²) in [6.45, 7) is 7.08. The highest BCUT2D eigenvalue weighted by molar-refractivity contribution is 5.68. The Morgan fingerprint density at radius 2 is 1.97 bits per heavy atom. The molecule has 7 nitrogen and oxygen atoms in total. The second kappa shape index (κ2) is 8.24. The highest BCUT2D eigenvalue weighted by Gasteiger charge is 2.36. The summed E-state index contributed by atoms with van der Waals surface area (Å²) in [4.78, 5) is 27.2. The minimum atomic E-state index is -4.70. The van der Waals surface area contributed by atoms with Gasteiger partial charge < -0.3 is 9.64 Å². The third-order valence-corrected chi connectivity index (χ3v) is 4.66. The van der Waals surface area contributed by atoms with E-state index in [4.69, 9.17) is 4.74 Å². The van der Waals surface area contributed by atoms with Crippen LogP contribution >= 0.6 is 0 Å². The number of carbonyl (C=O) groups excluding carboxylic acids is 1. The second-order valence-electron chi connectivity index (χ2n) is 8.18. The normalized spacial score (nSPS) is 14.6. The maximum atomic E-state index is 13.4. The molecular formula is C21H25F3N4O3. The number of allylic oxidation sites excluding steroid dienone is 4. The fourth-order valence-corrected chi connectivity index (χ4v) is 3.28. The van der Waals surface area contributed by atoms with E-state index >= 15 is 0 Å². The van der Waals surface area contributed by atoms with Crippen molar-refractivity contribution < 1.29 is 22.7 Å². The zero-order valence-electron chi connectivity index (χ0n) is 17.9. The smallest absolute Gasteiger partial charge is 0.418 e. The third-order valence-electron chi connectivity index (χ3n) is 4.66. The first-order valence-electron chi connectivity index (χ1n) is 9.98. The van der Waals surface area contributed by atoms with E-state index in [2.05, 4.69) is 5.10 Å². The molecule has 2 aromatic heterocycles. The van der Waals surface area contributed by atoms with Crippen LogP contribution in [0.5, 0.6) is 0 Å². The molecule has 0 saturated heterocycles. The lowest BCUT2D eigenvalue weighted by molar-refractivity contribution is -0.136. The maximum Gasteiger partial charge on any atom is 0.418 e. The second-order valence-corrected chi connectivity index (χ2v) is 8.18. The van der Waals surface area contributed by atoms with Crippen LogP contribution in [0.3, 0.4) is 0 Å². The number of alkyl halides is 3. The minimum absolute atomic E-state index is 0.110. The van der Waals surface area contributed by atoms with E-state index in [0.717, 1.165) is 27.8 Å². The summed E-state index contributed by atoms with van der Waals surface area (Å²) in [5, 5.41) is 4.27. The number of nitrogens with zero attached hydrogens (tertiary/aromatic N) is 4. The molecule has 2 aromatic rings. The fourth-order valence-electron chi connectivity index (χ4n) is 3.28. The summed E-state index contributed by atoms with van der Waals surface area (Å²) in [5.41, 5.74) is -2.75. The molecule has 0 spiro atoms. The van der Waals surface area contributed by atoms with Crippen molar-refractivity contribution in [1.82, 2.24) is 19.1 Å². The number of hydrogen-bond acceptors (Lipinski definition) is 4. The van der Waals surface area contributed by atoms with Crippen LogP contribution in [0.4, 0.5) is 18.0 Å². The lowest BCUT2D eigenvalue weighted by atomic mass is 10.1. The fraction of sp³-hybridized carbons (Fsp3) is 0.476. The average molecular weight is 438 g/mol. The van der Waals surface area contributed by atoms with Crippen molar-refractivity contribution in [2.45, 2.75) is 58.9 Å². The molecule has 0 aromatic carbocycles. The van der Waals surface area contributed by atoms with E-state index in [1.165, 1.54) is 4.90 Å². The van der Waals surface area contributed by atoms with E-state index in [0.29, 0.717) is 12.1 Å². The number of aromatic nitrogens is 3. The summed E-state index contributed by atoms with van der Waals surface area (Å²) in [5.74, 6) is 0.132. The Bertz CT molecular complexity index is 1100. The van der Waals surface area contributed by atoms with Gasteiger partial charge in [0, 0.05) is 18.4 Å². The molecule has 0 aliphatic heterocycles. The summed E-state index contributed by atoms with van der Waals surface area (Å²) in [6, 6.07) is 0.828. The molecule has 0 radical (unpaired) electrons. The molecule has 31 heavy (non-hydrogen) atoms. The molecule has 168 valence electrons. The van der Waals surface area contributed by atoms with Crippen molar-refractivity contribution in [2.24, 2.45) is 0 Å². The zero-order chi connectivity index (χ0) is 23.0. The average Bonchev–Trinajstić information content (AvgIpc) is 3.10. The first kappa shape index (κ1) is 22.6. The molecular weight excluding hydrogens is 413 g/mol. The zero-order valence-corrected chi connectivity index (χ0v) is 17.9. The Morgan fingerprint density at radius 1 is 1.26 bits per heavy atom. The van der Waals surface area contributed by atoms with Gasteiger partial charge in [-0.2, -0.15) is 18.3 Å². The predicted molar refractivity (Wildman–Crippen MR) is 109 cm³/mol. The van der Waals surface area contributed by atoms with Gasteiger partial charge in [0.25, 0.3) is 5.56 Å². The summed E-state index contributed by atoms with van der Waals surface area (Å²) < 4.78 is 47.8. The largest absolute Gasteiger partial charge is 0.444 e. The van der Waals surface area contributed by atoms with Gasteiger partial charge in [0.2, 0.25) is 0 Å². The van der Waals surface area contributed by atoms with E-state index in [1.807, 2.05) is 6.08 Å². The summed E-state index contributed by atoms with van der Waals surface area (Å²) in [6.07, 6.45) is 2.48. The Kier molecular flexibility index (Phi) is 6.02. The number of halogens is 3. The molecule has 2 heterocycles. The SMILES string of the molecule is CCN(Cc1nn2ccc(C(F)(F)F)c2c(=O)n1C1=CCCC=C1)C(=O)OC(C)(C)C. The number of fused-ring (bicyclic) bond motifs is 1. The molecule has 10 heteroatoms. The summed E-state index contributed by atoms with van der Waals surface area (Å²) >= 11 is 0. The van der Waals surface area contributed by atoms with Gasteiger partial charge in [-0.1, -0.05) is 12.2 Å². The standard InChI is InChI=1S/C21H25F3N4O3/c1-5-26(19(30)31-20(2,3)4)13-16-25-27-12-11-15(21(22,23)24)17(27)18(29)28(16)14-9-7-6-8-10-14/h7,9-12H,5-6,8,13H2,1-4H3. The van der Waals surface area contributed by atoms with E-state index in [9.17, 15) is 22.8 Å². The predicted octanol–water partition coefficient (Wildman–Crippen LogP) is 4.46. The van der Waals surface area contributed by atoms with Gasteiger partial charge in [-0.05, 0) is 52.7 Å². The molecule has 0 fully saturated rings. The molecule has 0 bridgehead atoms. The van der Waals surface area contributed by atoms with E-state index in [1.54, 1.807) is 39.8 Å². The molecule has 3 rings (SSSR count). The Balaban J connectivity index is 2.16. The van der Waals surface area contributed by atoms with Crippen LogP contribution in [-0.2, 0) is 17.5 Å². The number of ether oxygens (including phenoxy) is 1. The third kappa shape index (κ3) is 4.83. The van der Waals surface area contributed by atoms with Crippen LogP contribution in [-0.4, -0.2) is 37.3 Å². The number of carbonyl (C=O) groups is 1. The number of rotatable bonds is 4. The van der Waals surface area contributed by atoms with Crippen molar-refractivity contribution in [2.75, 3.05) is 6.54 Å². The van der Waals surface area contributed by atoms with Crippen LogP contribution in [0.2, 0.25) is 0 Å². The quantitative estimate of drug-likeness (QED) is 0.707. The monoisotopic (exact) mass is 438 g/mol. The molecule has 1 aliphatic rings. The lowest BCUT2D eigenvalue weighted by Gasteiger charge is -2.27. The van der Waals surface area contributed by atoms with E-state index < -0.39 is 34.5 Å². The molecule has 0 N–H and O–H groups in total. The van der Waals surface area contributed by atoms with Crippen LogP contribution < -0.4 is 5.56 Å². The first-order valence-corrected chi connectivity index (χ1v) is 9.98. The van der Waals surface area contributed by atoms with Gasteiger partial charge in [0.15, 0.2) is 5.82 Å². The van der Waals surface area contributed by atoms with Gasteiger partial charge in [-0.15, -0.1) is 0 Å². The molecule has 0 atom stereocenters. The molecule has 1 amide bonds. The minimum Gasteiger partial charge on any atom is -0.444 e. The maximum absolute atomic E-state index is 13.4. The molecule has 0 unspecified atom stereocenters. The van der Waals surface area contributed by atoms with Crippen LogP contribution in [0.25, 0.3) is 11.2 Å². The van der Waals surface area contributed by atoms with Crippen molar-refractivity contribution in [3.8, 4) is 0 Å². The van der Waals surface area contributed by atoms with Crippen LogP contribution in [0.15, 0.2) is 35.3 Å². The van der Waals surface area contributed by atoms with Crippen molar-refractivity contribution in [3.63, 3.8) is 0 Å². The van der Waals surface area contributed by atoms with Crippen molar-refractivity contribution >= 4 is 17.3 Å². The van der Waals surface area contributed by atoms with E-state index in [-0.39, 0.29) is 18.9 Å². The van der Waals surface area contributed by atoms with Crippen LogP contribution in [0.1, 0.15) is 51.9 Å². The number of hydrogen-bond donors (Lipinski definition) is 0. The Hall–Kier alpha value is -3.04. The highest BCUT2D eigenvalue weighted by atomic mass is 19.4. The molecule has 1 aliphatic carbocycles. The van der Waals surface area contributed by atoms with Gasteiger partial charge in [-0.3, -0.25) is 9.36 Å². The Labute approximate surface area is 177 Å². The highest BCUT2D eigenvalue weighted by Crippen LogP contribution is 2.32. The molecule has 0 saturated carbocycles. The van der Waals surface area contributed by atoms with Crippen LogP contribution in [0, 0.1) is 0 Å². The van der Waals surface area contributed by atoms with Gasteiger partial charge in [0.1, 0.15) is 11.1 Å². The summed E-state index contributed by atoms with van der Waals surface area (Å²) in [7, 11) is 0. The van der Waals surface area contributed by atoms with Gasteiger partial charge in [-0.25, -0.2) is 9.31 Å². The van der Waals surface area contributed by atoms with Gasteiger partial charge in [0.05, 0.1) is 12.1 Å². The van der Waals surface area contributed by atoms with Gasteiger partial charge >= 0.3 is 12.3 Å². The topological polar surface area (TPSA) is 68.8 Å². The first-order chi connectivity index (χ1) is 14.4. The number of amides is 1. The lowest BCUT2D eigenvalue weighted by Crippen LogP contribution is -2.39. The van der Waals surface area contributed by atoms with Crippen molar-refractivity contribution in [3.05, 3.63) is 52.2 Å².